The van der Waals surface area contributed by atoms with Crippen molar-refractivity contribution in [3.8, 4) is 11.3 Å². The monoisotopic (exact) mass is 370 g/mol. The molecule has 2 aliphatic rings. The second-order valence-electron chi connectivity index (χ2n) is 7.14. The number of nitrogens with zero attached hydrogens (tertiary/aromatic N) is 2. The molecule has 2 fully saturated rings. The number of aromatic nitrogens is 1. The van der Waals surface area contributed by atoms with Gasteiger partial charge < -0.3 is 19.3 Å². The zero-order valence-electron chi connectivity index (χ0n) is 14.9. The summed E-state index contributed by atoms with van der Waals surface area (Å²) < 4.78 is 11.0. The Kier molecular flexibility index (Phi) is 4.94. The third kappa shape index (κ3) is 3.60. The van der Waals surface area contributed by atoms with Crippen molar-refractivity contribution in [2.45, 2.75) is 25.4 Å². The first kappa shape index (κ1) is 17.7. The lowest BCUT2D eigenvalue weighted by Crippen LogP contribution is -2.43. The molecule has 142 valence electrons. The highest BCUT2D eigenvalue weighted by atomic mass is 16.5. The Morgan fingerprint density at radius 2 is 1.85 bits per heavy atom. The second-order valence-corrected chi connectivity index (χ2v) is 7.14. The number of amides is 1. The van der Waals surface area contributed by atoms with E-state index in [1.54, 1.807) is 11.0 Å². The minimum atomic E-state index is -0.785. The van der Waals surface area contributed by atoms with Gasteiger partial charge in [0.05, 0.1) is 12.0 Å². The predicted octanol–water partition coefficient (Wildman–Crippen LogP) is 2.68. The number of hydrogen-bond acceptors (Lipinski definition) is 5. The van der Waals surface area contributed by atoms with E-state index >= 15 is 0 Å². The van der Waals surface area contributed by atoms with E-state index in [1.165, 1.54) is 0 Å². The van der Waals surface area contributed by atoms with Crippen molar-refractivity contribution in [2.75, 3.05) is 19.7 Å². The first-order chi connectivity index (χ1) is 13.1. The van der Waals surface area contributed by atoms with Crippen LogP contribution in [0.1, 0.15) is 29.8 Å². The van der Waals surface area contributed by atoms with Crippen molar-refractivity contribution >= 4 is 11.9 Å². The van der Waals surface area contributed by atoms with Crippen molar-refractivity contribution in [1.29, 1.82) is 0 Å². The van der Waals surface area contributed by atoms with Crippen LogP contribution >= 0.6 is 0 Å². The number of benzene rings is 1. The Hall–Kier alpha value is -2.67. The lowest BCUT2D eigenvalue weighted by atomic mass is 9.84. The molecular formula is C20H22N2O5. The molecule has 1 unspecified atom stereocenters. The normalized spacial score (nSPS) is 23.5. The van der Waals surface area contributed by atoms with E-state index in [1.807, 2.05) is 30.3 Å². The molecule has 2 atom stereocenters. The number of carboxylic acids is 1. The zero-order chi connectivity index (χ0) is 18.8. The standard InChI is InChI=1S/C20H22N2O5/c23-19(16-12-17(27-21-16)13-4-2-1-3-5-13)22-9-6-14(7-10-22)18-15(20(24)25)8-11-26-18/h1-5,12,14-15,18H,6-11H2,(H,24,25)/t15?,18-/m0/s1. The Labute approximate surface area is 156 Å². The van der Waals surface area contributed by atoms with Crippen LogP contribution in [0, 0.1) is 11.8 Å². The molecule has 0 aliphatic carbocycles. The molecule has 3 heterocycles. The van der Waals surface area contributed by atoms with E-state index in [0.29, 0.717) is 37.6 Å². The van der Waals surface area contributed by atoms with Crippen LogP contribution in [-0.4, -0.2) is 52.8 Å². The molecule has 1 amide bonds. The molecule has 27 heavy (non-hydrogen) atoms. The topological polar surface area (TPSA) is 92.9 Å². The summed E-state index contributed by atoms with van der Waals surface area (Å²) in [6.07, 6.45) is 1.81. The fraction of sp³-hybridized carbons (Fsp3) is 0.450. The molecule has 7 nitrogen and oxygen atoms in total. The molecule has 1 N–H and O–H groups in total. The third-order valence-corrected chi connectivity index (χ3v) is 5.53. The number of aliphatic carboxylic acids is 1. The Morgan fingerprint density at radius 3 is 2.56 bits per heavy atom. The summed E-state index contributed by atoms with van der Waals surface area (Å²) in [6, 6.07) is 11.2. The molecule has 2 aliphatic heterocycles. The van der Waals surface area contributed by atoms with E-state index in [-0.39, 0.29) is 17.9 Å². The van der Waals surface area contributed by atoms with Crippen molar-refractivity contribution < 1.29 is 24.0 Å². The minimum Gasteiger partial charge on any atom is -0.481 e. The molecule has 2 aromatic rings. The number of hydrogen-bond donors (Lipinski definition) is 1. The van der Waals surface area contributed by atoms with Crippen LogP contribution in [0.5, 0.6) is 0 Å². The van der Waals surface area contributed by atoms with Gasteiger partial charge in [-0.1, -0.05) is 35.5 Å². The number of carbonyl (C=O) groups is 2. The highest BCUT2D eigenvalue weighted by Crippen LogP contribution is 2.33. The van der Waals surface area contributed by atoms with Gasteiger partial charge in [-0.2, -0.15) is 0 Å². The van der Waals surface area contributed by atoms with Crippen molar-refractivity contribution in [2.24, 2.45) is 11.8 Å². The summed E-state index contributed by atoms with van der Waals surface area (Å²) in [5, 5.41) is 13.3. The molecule has 1 aromatic heterocycles. The van der Waals surface area contributed by atoms with Gasteiger partial charge in [0.2, 0.25) is 0 Å². The maximum atomic E-state index is 12.7. The Morgan fingerprint density at radius 1 is 1.11 bits per heavy atom. The summed E-state index contributed by atoms with van der Waals surface area (Å²) in [5.41, 5.74) is 1.17. The Bertz CT molecular complexity index is 811. The number of likely N-dealkylation sites (tertiary alicyclic amines) is 1. The van der Waals surface area contributed by atoms with Crippen LogP contribution in [-0.2, 0) is 9.53 Å². The first-order valence-corrected chi connectivity index (χ1v) is 9.29. The summed E-state index contributed by atoms with van der Waals surface area (Å²) in [7, 11) is 0. The number of carbonyl (C=O) groups excluding carboxylic acids is 1. The van der Waals surface area contributed by atoms with Crippen LogP contribution in [0.2, 0.25) is 0 Å². The molecule has 0 radical (unpaired) electrons. The van der Waals surface area contributed by atoms with Crippen LogP contribution in [0.3, 0.4) is 0 Å². The largest absolute Gasteiger partial charge is 0.481 e. The number of piperidine rings is 1. The van der Waals surface area contributed by atoms with Gasteiger partial charge in [0.1, 0.15) is 0 Å². The maximum absolute atomic E-state index is 12.7. The van der Waals surface area contributed by atoms with Crippen molar-refractivity contribution in [3.63, 3.8) is 0 Å². The van der Waals surface area contributed by atoms with Gasteiger partial charge in [0.25, 0.3) is 5.91 Å². The summed E-state index contributed by atoms with van der Waals surface area (Å²) in [6.45, 7) is 1.65. The third-order valence-electron chi connectivity index (χ3n) is 5.53. The van der Waals surface area contributed by atoms with Crippen molar-refractivity contribution in [1.82, 2.24) is 10.1 Å². The fourth-order valence-corrected chi connectivity index (χ4v) is 4.05. The highest BCUT2D eigenvalue weighted by molar-refractivity contribution is 5.93. The fourth-order valence-electron chi connectivity index (χ4n) is 4.05. The van der Waals surface area contributed by atoms with Crippen LogP contribution in [0.25, 0.3) is 11.3 Å². The quantitative estimate of drug-likeness (QED) is 0.889. The number of rotatable bonds is 4. The van der Waals surface area contributed by atoms with Gasteiger partial charge in [0, 0.05) is 31.3 Å². The van der Waals surface area contributed by atoms with E-state index in [4.69, 9.17) is 9.26 Å². The predicted molar refractivity (Wildman–Crippen MR) is 96.0 cm³/mol. The van der Waals surface area contributed by atoms with Gasteiger partial charge in [-0.15, -0.1) is 0 Å². The first-order valence-electron chi connectivity index (χ1n) is 9.29. The molecule has 4 rings (SSSR count). The number of ether oxygens (including phenoxy) is 1. The summed E-state index contributed by atoms with van der Waals surface area (Å²) in [5.74, 6) is -0.623. The molecule has 0 bridgehead atoms. The van der Waals surface area contributed by atoms with E-state index < -0.39 is 11.9 Å². The zero-order valence-corrected chi connectivity index (χ0v) is 14.9. The van der Waals surface area contributed by atoms with Crippen LogP contribution in [0.15, 0.2) is 40.9 Å². The van der Waals surface area contributed by atoms with Gasteiger partial charge in [-0.05, 0) is 25.2 Å². The maximum Gasteiger partial charge on any atom is 0.309 e. The van der Waals surface area contributed by atoms with Gasteiger partial charge in [-0.25, -0.2) is 0 Å². The molecule has 7 heteroatoms. The molecule has 2 saturated heterocycles. The second kappa shape index (κ2) is 7.52. The van der Waals surface area contributed by atoms with Crippen LogP contribution < -0.4 is 0 Å². The molecular weight excluding hydrogens is 348 g/mol. The van der Waals surface area contributed by atoms with Crippen molar-refractivity contribution in [3.05, 3.63) is 42.1 Å². The number of carboxylic acid groups (broad SMARTS) is 1. The lowest BCUT2D eigenvalue weighted by molar-refractivity contribution is -0.145. The summed E-state index contributed by atoms with van der Waals surface area (Å²) >= 11 is 0. The van der Waals surface area contributed by atoms with Gasteiger partial charge >= 0.3 is 5.97 Å². The lowest BCUT2D eigenvalue weighted by Gasteiger charge is -2.35. The summed E-state index contributed by atoms with van der Waals surface area (Å²) in [4.78, 5) is 25.8. The van der Waals surface area contributed by atoms with Gasteiger partial charge in [-0.3, -0.25) is 9.59 Å². The van der Waals surface area contributed by atoms with E-state index in [0.717, 1.165) is 18.4 Å². The van der Waals surface area contributed by atoms with Gasteiger partial charge in [0.15, 0.2) is 11.5 Å². The van der Waals surface area contributed by atoms with E-state index in [2.05, 4.69) is 5.16 Å². The molecule has 0 saturated carbocycles. The Balaban J connectivity index is 1.38. The molecule has 0 spiro atoms. The minimum absolute atomic E-state index is 0.151. The average Bonchev–Trinajstić information content (AvgIpc) is 3.38. The average molecular weight is 370 g/mol. The smallest absolute Gasteiger partial charge is 0.309 e. The van der Waals surface area contributed by atoms with Crippen LogP contribution in [0.4, 0.5) is 0 Å². The van der Waals surface area contributed by atoms with E-state index in [9.17, 15) is 14.7 Å². The molecule has 1 aromatic carbocycles. The SMILES string of the molecule is O=C(O)C1CCO[C@H]1C1CCN(C(=O)c2cc(-c3ccccc3)on2)CC1. The highest BCUT2D eigenvalue weighted by Gasteiger charge is 2.41.